The number of pyridine rings is 2. The molecular formula is C12H15N5O. The van der Waals surface area contributed by atoms with Gasteiger partial charge in [-0.3, -0.25) is 0 Å². The molecule has 18 heavy (non-hydrogen) atoms. The fraction of sp³-hybridized carbons (Fsp3) is 0.167. The zero-order chi connectivity index (χ0) is 12.8. The normalized spacial score (nSPS) is 9.89. The molecule has 0 saturated carbocycles. The number of aromatic nitrogens is 2. The van der Waals surface area contributed by atoms with Crippen molar-refractivity contribution < 1.29 is 4.74 Å². The van der Waals surface area contributed by atoms with E-state index in [1.54, 1.807) is 19.5 Å². The Balaban J connectivity index is 2.01. The van der Waals surface area contributed by atoms with Crippen LogP contribution in [0.25, 0.3) is 0 Å². The topological polar surface area (TPSA) is 85.1 Å². The van der Waals surface area contributed by atoms with Crippen LogP contribution >= 0.6 is 0 Å². The van der Waals surface area contributed by atoms with Crippen LogP contribution in [0.15, 0.2) is 36.7 Å². The number of nitrogens with one attached hydrogen (secondary N) is 2. The summed E-state index contributed by atoms with van der Waals surface area (Å²) in [5.41, 5.74) is 4.53. The molecule has 0 fully saturated rings. The molecule has 2 heterocycles. The third-order valence-electron chi connectivity index (χ3n) is 2.41. The summed E-state index contributed by atoms with van der Waals surface area (Å²) in [6, 6.07) is 7.52. The second-order valence-electron chi connectivity index (χ2n) is 3.63. The molecule has 0 atom stereocenters. The molecule has 0 aliphatic carbocycles. The largest absolute Gasteiger partial charge is 0.481 e. The summed E-state index contributed by atoms with van der Waals surface area (Å²) in [6.45, 7) is 0.674. The van der Waals surface area contributed by atoms with Crippen molar-refractivity contribution in [3.63, 3.8) is 0 Å². The Morgan fingerprint density at radius 3 is 2.83 bits per heavy atom. The molecule has 0 radical (unpaired) electrons. The Kier molecular flexibility index (Phi) is 3.93. The highest BCUT2D eigenvalue weighted by Crippen LogP contribution is 2.14. The lowest BCUT2D eigenvalue weighted by molar-refractivity contribution is 0.397. The first-order valence-electron chi connectivity index (χ1n) is 5.47. The van der Waals surface area contributed by atoms with E-state index in [-0.39, 0.29) is 0 Å². The Morgan fingerprint density at radius 1 is 1.22 bits per heavy atom. The SMILES string of the molecule is COc1cc(CNc2ccnc(NN)c2)ccn1. The minimum atomic E-state index is 0.605. The molecule has 0 unspecified atom stereocenters. The van der Waals surface area contributed by atoms with Crippen molar-refractivity contribution in [2.75, 3.05) is 17.9 Å². The molecule has 2 aromatic heterocycles. The van der Waals surface area contributed by atoms with Crippen LogP contribution in [-0.4, -0.2) is 17.1 Å². The summed E-state index contributed by atoms with van der Waals surface area (Å²) in [7, 11) is 1.60. The molecule has 0 aliphatic heterocycles. The zero-order valence-corrected chi connectivity index (χ0v) is 10.1. The number of anilines is 2. The number of methoxy groups -OCH3 is 1. The van der Waals surface area contributed by atoms with Crippen LogP contribution in [0.2, 0.25) is 0 Å². The van der Waals surface area contributed by atoms with Gasteiger partial charge in [0.25, 0.3) is 0 Å². The van der Waals surface area contributed by atoms with Gasteiger partial charge in [0.05, 0.1) is 7.11 Å². The molecule has 0 spiro atoms. The van der Waals surface area contributed by atoms with Crippen molar-refractivity contribution in [3.05, 3.63) is 42.2 Å². The number of nitrogens with two attached hydrogens (primary N) is 1. The number of hydrogen-bond donors (Lipinski definition) is 3. The molecule has 6 nitrogen and oxygen atoms in total. The second-order valence-corrected chi connectivity index (χ2v) is 3.63. The van der Waals surface area contributed by atoms with Crippen molar-refractivity contribution in [3.8, 4) is 5.88 Å². The Hall–Kier alpha value is -2.34. The first-order valence-corrected chi connectivity index (χ1v) is 5.47. The molecule has 2 aromatic rings. The van der Waals surface area contributed by atoms with Crippen molar-refractivity contribution in [2.45, 2.75) is 6.54 Å². The van der Waals surface area contributed by atoms with E-state index < -0.39 is 0 Å². The predicted octanol–water partition coefficient (Wildman–Crippen LogP) is 1.38. The third-order valence-corrected chi connectivity index (χ3v) is 2.41. The molecular weight excluding hydrogens is 230 g/mol. The second kappa shape index (κ2) is 5.83. The van der Waals surface area contributed by atoms with Gasteiger partial charge in [-0.1, -0.05) is 0 Å². The highest BCUT2D eigenvalue weighted by Gasteiger charge is 1.98. The number of hydrazine groups is 1. The summed E-state index contributed by atoms with van der Waals surface area (Å²) in [5.74, 6) is 6.52. The van der Waals surface area contributed by atoms with Gasteiger partial charge in [0, 0.05) is 36.8 Å². The van der Waals surface area contributed by atoms with Crippen molar-refractivity contribution in [2.24, 2.45) is 5.84 Å². The van der Waals surface area contributed by atoms with Gasteiger partial charge in [-0.15, -0.1) is 0 Å². The molecule has 0 aliphatic rings. The fourth-order valence-corrected chi connectivity index (χ4v) is 1.50. The lowest BCUT2D eigenvalue weighted by atomic mass is 10.2. The van der Waals surface area contributed by atoms with Crippen LogP contribution in [0, 0.1) is 0 Å². The van der Waals surface area contributed by atoms with Crippen LogP contribution in [0.1, 0.15) is 5.56 Å². The molecule has 0 saturated heterocycles. The van der Waals surface area contributed by atoms with E-state index in [4.69, 9.17) is 10.6 Å². The average Bonchev–Trinajstić information content (AvgIpc) is 2.45. The fourth-order valence-electron chi connectivity index (χ4n) is 1.50. The lowest BCUT2D eigenvalue weighted by Crippen LogP contribution is -2.09. The lowest BCUT2D eigenvalue weighted by Gasteiger charge is -2.08. The smallest absolute Gasteiger partial charge is 0.213 e. The number of nitrogen functional groups attached to an aromatic ring is 1. The maximum Gasteiger partial charge on any atom is 0.213 e. The predicted molar refractivity (Wildman–Crippen MR) is 70.2 cm³/mol. The van der Waals surface area contributed by atoms with Gasteiger partial charge in [-0.2, -0.15) is 0 Å². The molecule has 2 rings (SSSR count). The van der Waals surface area contributed by atoms with Gasteiger partial charge in [-0.05, 0) is 17.7 Å². The molecule has 0 aromatic carbocycles. The average molecular weight is 245 g/mol. The molecule has 0 amide bonds. The third kappa shape index (κ3) is 3.08. The van der Waals surface area contributed by atoms with E-state index in [1.165, 1.54) is 0 Å². The quantitative estimate of drug-likeness (QED) is 0.545. The van der Waals surface area contributed by atoms with Gasteiger partial charge < -0.3 is 15.5 Å². The highest BCUT2D eigenvalue weighted by atomic mass is 16.5. The van der Waals surface area contributed by atoms with Crippen molar-refractivity contribution in [1.82, 2.24) is 9.97 Å². The monoisotopic (exact) mass is 245 g/mol. The van der Waals surface area contributed by atoms with Crippen LogP contribution in [0.5, 0.6) is 5.88 Å². The minimum absolute atomic E-state index is 0.605. The van der Waals surface area contributed by atoms with Gasteiger partial charge >= 0.3 is 0 Å². The van der Waals surface area contributed by atoms with Crippen LogP contribution in [-0.2, 0) is 6.54 Å². The number of ether oxygens (including phenoxy) is 1. The maximum absolute atomic E-state index is 5.30. The minimum Gasteiger partial charge on any atom is -0.481 e. The number of hydrogen-bond acceptors (Lipinski definition) is 6. The molecule has 94 valence electrons. The van der Waals surface area contributed by atoms with E-state index >= 15 is 0 Å². The van der Waals surface area contributed by atoms with E-state index in [9.17, 15) is 0 Å². The van der Waals surface area contributed by atoms with Crippen LogP contribution < -0.4 is 21.3 Å². The van der Waals surface area contributed by atoms with E-state index in [0.717, 1.165) is 11.3 Å². The van der Waals surface area contributed by atoms with E-state index in [2.05, 4.69) is 20.7 Å². The highest BCUT2D eigenvalue weighted by molar-refractivity contribution is 5.51. The summed E-state index contributed by atoms with van der Waals surface area (Å²) >= 11 is 0. The van der Waals surface area contributed by atoms with E-state index in [1.807, 2.05) is 24.3 Å². The summed E-state index contributed by atoms with van der Waals surface area (Å²) < 4.78 is 5.07. The number of rotatable bonds is 5. The summed E-state index contributed by atoms with van der Waals surface area (Å²) in [4.78, 5) is 8.09. The van der Waals surface area contributed by atoms with Gasteiger partial charge in [0.2, 0.25) is 5.88 Å². The van der Waals surface area contributed by atoms with Gasteiger partial charge in [0.1, 0.15) is 5.82 Å². The first-order chi connectivity index (χ1) is 8.81. The Labute approximate surface area is 105 Å². The van der Waals surface area contributed by atoms with E-state index in [0.29, 0.717) is 18.2 Å². The summed E-state index contributed by atoms with van der Waals surface area (Å²) in [6.07, 6.45) is 3.40. The molecule has 4 N–H and O–H groups in total. The standard InChI is InChI=1S/C12H15N5O/c1-18-12-6-9(2-4-15-12)8-16-10-3-5-14-11(7-10)17-13/h2-7H,8,13H2,1H3,(H2,14,16,17). The number of nitrogens with zero attached hydrogens (tertiary/aromatic N) is 2. The molecule has 0 bridgehead atoms. The van der Waals surface area contributed by atoms with Crippen molar-refractivity contribution >= 4 is 11.5 Å². The summed E-state index contributed by atoms with van der Waals surface area (Å²) in [5, 5.41) is 3.27. The van der Waals surface area contributed by atoms with Gasteiger partial charge in [0.15, 0.2) is 0 Å². The first kappa shape index (κ1) is 12.1. The Morgan fingerprint density at radius 2 is 2.06 bits per heavy atom. The Bertz CT molecular complexity index is 470. The van der Waals surface area contributed by atoms with Crippen LogP contribution in [0.3, 0.4) is 0 Å². The van der Waals surface area contributed by atoms with Crippen LogP contribution in [0.4, 0.5) is 11.5 Å². The maximum atomic E-state index is 5.30. The molecule has 6 heteroatoms. The van der Waals surface area contributed by atoms with Gasteiger partial charge in [-0.25, -0.2) is 15.8 Å². The zero-order valence-electron chi connectivity index (χ0n) is 10.1. The van der Waals surface area contributed by atoms with Crippen molar-refractivity contribution in [1.29, 1.82) is 0 Å².